The van der Waals surface area contributed by atoms with Gasteiger partial charge in [0, 0.05) is 11.4 Å². The highest BCUT2D eigenvalue weighted by molar-refractivity contribution is 7.80. The van der Waals surface area contributed by atoms with Crippen LogP contribution in [0.5, 0.6) is 0 Å². The summed E-state index contributed by atoms with van der Waals surface area (Å²) < 4.78 is 0. The normalized spacial score (nSPS) is 14.9. The Hall–Kier alpha value is -1.42. The average molecular weight is 275 g/mol. The van der Waals surface area contributed by atoms with E-state index < -0.39 is 0 Å². The van der Waals surface area contributed by atoms with Crippen LogP contribution in [0.25, 0.3) is 0 Å². The highest BCUT2D eigenvalue weighted by Crippen LogP contribution is 2.16. The SMILES string of the molecule is Cc1ccc(NC(=S)NN=C2CCCCC2)c(C)c1. The van der Waals surface area contributed by atoms with Crippen molar-refractivity contribution in [3.63, 3.8) is 0 Å². The van der Waals surface area contributed by atoms with Crippen molar-refractivity contribution >= 4 is 28.7 Å². The fourth-order valence-electron chi connectivity index (χ4n) is 2.31. The molecule has 0 aromatic heterocycles. The van der Waals surface area contributed by atoms with Gasteiger partial charge in [-0.25, -0.2) is 0 Å². The van der Waals surface area contributed by atoms with Crippen molar-refractivity contribution in [3.8, 4) is 0 Å². The first kappa shape index (κ1) is 14.0. The number of nitrogens with one attached hydrogen (secondary N) is 2. The van der Waals surface area contributed by atoms with Gasteiger partial charge in [-0.15, -0.1) is 0 Å². The highest BCUT2D eigenvalue weighted by atomic mass is 32.1. The molecule has 0 atom stereocenters. The van der Waals surface area contributed by atoms with Gasteiger partial charge in [0.25, 0.3) is 0 Å². The summed E-state index contributed by atoms with van der Waals surface area (Å²) >= 11 is 5.27. The Morgan fingerprint density at radius 2 is 1.89 bits per heavy atom. The van der Waals surface area contributed by atoms with Gasteiger partial charge in [0.05, 0.1) is 0 Å². The van der Waals surface area contributed by atoms with Gasteiger partial charge in [-0.2, -0.15) is 5.10 Å². The Labute approximate surface area is 120 Å². The number of hydrogen-bond acceptors (Lipinski definition) is 2. The molecule has 0 unspecified atom stereocenters. The second-order valence-electron chi connectivity index (χ2n) is 5.12. The molecule has 1 aromatic carbocycles. The van der Waals surface area contributed by atoms with Crippen LogP contribution >= 0.6 is 12.2 Å². The van der Waals surface area contributed by atoms with Crippen molar-refractivity contribution in [1.82, 2.24) is 5.43 Å². The molecule has 0 heterocycles. The Morgan fingerprint density at radius 3 is 2.58 bits per heavy atom. The lowest BCUT2D eigenvalue weighted by Crippen LogP contribution is -2.26. The molecule has 0 spiro atoms. The van der Waals surface area contributed by atoms with Gasteiger partial charge in [-0.05, 0) is 63.4 Å². The molecule has 102 valence electrons. The van der Waals surface area contributed by atoms with E-state index in [1.165, 1.54) is 36.1 Å². The molecule has 1 saturated carbocycles. The molecular formula is C15H21N3S. The standard InChI is InChI=1S/C15H21N3S/c1-11-8-9-14(12(2)10-11)16-15(19)18-17-13-6-4-3-5-7-13/h8-10H,3-7H2,1-2H3,(H2,16,18,19). The first-order chi connectivity index (χ1) is 9.15. The summed E-state index contributed by atoms with van der Waals surface area (Å²) in [5.74, 6) is 0. The van der Waals surface area contributed by atoms with E-state index in [1.54, 1.807) is 0 Å². The van der Waals surface area contributed by atoms with E-state index in [9.17, 15) is 0 Å². The van der Waals surface area contributed by atoms with Gasteiger partial charge in [0.1, 0.15) is 0 Å². The first-order valence-corrected chi connectivity index (χ1v) is 7.25. The van der Waals surface area contributed by atoms with Crippen LogP contribution < -0.4 is 10.7 Å². The molecule has 0 saturated heterocycles. The summed E-state index contributed by atoms with van der Waals surface area (Å²) in [5, 5.41) is 8.14. The van der Waals surface area contributed by atoms with Crippen molar-refractivity contribution in [2.75, 3.05) is 5.32 Å². The summed E-state index contributed by atoms with van der Waals surface area (Å²) in [6.45, 7) is 4.16. The molecule has 0 bridgehead atoms. The van der Waals surface area contributed by atoms with E-state index in [-0.39, 0.29) is 0 Å². The van der Waals surface area contributed by atoms with E-state index in [2.05, 4.69) is 41.8 Å². The molecule has 1 fully saturated rings. The summed E-state index contributed by atoms with van der Waals surface area (Å²) in [6.07, 6.45) is 6.01. The topological polar surface area (TPSA) is 36.4 Å². The monoisotopic (exact) mass is 275 g/mol. The minimum absolute atomic E-state index is 0.560. The molecular weight excluding hydrogens is 254 g/mol. The zero-order valence-electron chi connectivity index (χ0n) is 11.6. The van der Waals surface area contributed by atoms with Gasteiger partial charge in [0.2, 0.25) is 0 Å². The number of rotatable bonds is 2. The maximum Gasteiger partial charge on any atom is 0.191 e. The summed E-state index contributed by atoms with van der Waals surface area (Å²) in [4.78, 5) is 0. The van der Waals surface area contributed by atoms with Crippen LogP contribution in [0.1, 0.15) is 43.2 Å². The average Bonchev–Trinajstić information content (AvgIpc) is 2.41. The Balaban J connectivity index is 1.90. The van der Waals surface area contributed by atoms with Crippen LogP contribution in [0.15, 0.2) is 23.3 Å². The predicted octanol–water partition coefficient (Wildman–Crippen LogP) is 3.91. The molecule has 0 radical (unpaired) electrons. The number of aryl methyl sites for hydroxylation is 2. The van der Waals surface area contributed by atoms with E-state index in [0.29, 0.717) is 5.11 Å². The highest BCUT2D eigenvalue weighted by Gasteiger charge is 2.07. The third-order valence-electron chi connectivity index (χ3n) is 3.38. The molecule has 1 aliphatic carbocycles. The molecule has 0 amide bonds. The molecule has 0 aliphatic heterocycles. The van der Waals surface area contributed by atoms with E-state index in [4.69, 9.17) is 12.2 Å². The van der Waals surface area contributed by atoms with Gasteiger partial charge >= 0.3 is 0 Å². The van der Waals surface area contributed by atoms with E-state index >= 15 is 0 Å². The van der Waals surface area contributed by atoms with Crippen LogP contribution in [0.3, 0.4) is 0 Å². The van der Waals surface area contributed by atoms with Crippen LogP contribution in [-0.2, 0) is 0 Å². The lowest BCUT2D eigenvalue weighted by Gasteiger charge is -2.14. The summed E-state index contributed by atoms with van der Waals surface area (Å²) in [6, 6.07) is 6.26. The molecule has 3 nitrogen and oxygen atoms in total. The Morgan fingerprint density at radius 1 is 1.16 bits per heavy atom. The zero-order valence-corrected chi connectivity index (χ0v) is 12.4. The van der Waals surface area contributed by atoms with Crippen LogP contribution in [0.2, 0.25) is 0 Å². The molecule has 1 aromatic rings. The fourth-order valence-corrected chi connectivity index (χ4v) is 2.46. The fraction of sp³-hybridized carbons (Fsp3) is 0.467. The summed E-state index contributed by atoms with van der Waals surface area (Å²) in [5.41, 5.74) is 7.66. The van der Waals surface area contributed by atoms with Crippen LogP contribution in [0, 0.1) is 13.8 Å². The van der Waals surface area contributed by atoms with Crippen LogP contribution in [-0.4, -0.2) is 10.8 Å². The maximum absolute atomic E-state index is 5.27. The zero-order chi connectivity index (χ0) is 13.7. The van der Waals surface area contributed by atoms with Gasteiger partial charge in [-0.1, -0.05) is 24.1 Å². The van der Waals surface area contributed by atoms with Gasteiger partial charge in [-0.3, -0.25) is 5.43 Å². The van der Waals surface area contributed by atoms with Gasteiger partial charge in [0.15, 0.2) is 5.11 Å². The van der Waals surface area contributed by atoms with Crippen molar-refractivity contribution < 1.29 is 0 Å². The molecule has 4 heteroatoms. The van der Waals surface area contributed by atoms with Gasteiger partial charge < -0.3 is 5.32 Å². The summed E-state index contributed by atoms with van der Waals surface area (Å²) in [7, 11) is 0. The Kier molecular flexibility index (Phi) is 4.91. The number of hydrazone groups is 1. The van der Waals surface area contributed by atoms with Crippen LogP contribution in [0.4, 0.5) is 5.69 Å². The minimum atomic E-state index is 0.560. The first-order valence-electron chi connectivity index (χ1n) is 6.85. The van der Waals surface area contributed by atoms with E-state index in [0.717, 1.165) is 18.5 Å². The number of thiocarbonyl (C=S) groups is 1. The number of benzene rings is 1. The third-order valence-corrected chi connectivity index (χ3v) is 3.57. The second-order valence-corrected chi connectivity index (χ2v) is 5.53. The van der Waals surface area contributed by atoms with Crippen molar-refractivity contribution in [2.24, 2.45) is 5.10 Å². The third kappa shape index (κ3) is 4.31. The number of hydrogen-bond donors (Lipinski definition) is 2. The maximum atomic E-state index is 5.27. The van der Waals surface area contributed by atoms with E-state index in [1.807, 2.05) is 6.07 Å². The molecule has 2 rings (SSSR count). The number of nitrogens with zero attached hydrogens (tertiary/aromatic N) is 1. The van der Waals surface area contributed by atoms with Crippen molar-refractivity contribution in [3.05, 3.63) is 29.3 Å². The lowest BCUT2D eigenvalue weighted by atomic mass is 9.99. The minimum Gasteiger partial charge on any atom is -0.331 e. The molecule has 19 heavy (non-hydrogen) atoms. The largest absolute Gasteiger partial charge is 0.331 e. The lowest BCUT2D eigenvalue weighted by molar-refractivity contribution is 0.661. The smallest absolute Gasteiger partial charge is 0.191 e. The van der Waals surface area contributed by atoms with Crippen molar-refractivity contribution in [1.29, 1.82) is 0 Å². The quantitative estimate of drug-likeness (QED) is 0.634. The predicted molar refractivity (Wildman–Crippen MR) is 85.8 cm³/mol. The van der Waals surface area contributed by atoms with Crippen molar-refractivity contribution in [2.45, 2.75) is 46.0 Å². The molecule has 1 aliphatic rings. The Bertz CT molecular complexity index is 486. The molecule has 2 N–H and O–H groups in total. The number of anilines is 1. The second kappa shape index (κ2) is 6.66.